The SMILES string of the molecule is CC1CCN(c2cc(NC(=O)COc3ccc(Cl)cc3)ncn2)CC1. The summed E-state index contributed by atoms with van der Waals surface area (Å²) in [5.41, 5.74) is 0. The van der Waals surface area contributed by atoms with Crippen molar-refractivity contribution in [3.63, 3.8) is 0 Å². The third-order valence-corrected chi connectivity index (χ3v) is 4.46. The van der Waals surface area contributed by atoms with Crippen molar-refractivity contribution >= 4 is 29.1 Å². The third-order valence-electron chi connectivity index (χ3n) is 4.21. The van der Waals surface area contributed by atoms with E-state index in [9.17, 15) is 4.79 Å². The number of piperidine rings is 1. The largest absolute Gasteiger partial charge is 0.484 e. The number of ether oxygens (including phenoxy) is 1. The summed E-state index contributed by atoms with van der Waals surface area (Å²) in [5.74, 6) is 2.39. The van der Waals surface area contributed by atoms with E-state index in [1.807, 2.05) is 0 Å². The average Bonchev–Trinajstić information content (AvgIpc) is 2.62. The number of nitrogens with one attached hydrogen (secondary N) is 1. The van der Waals surface area contributed by atoms with E-state index in [0.29, 0.717) is 16.6 Å². The Morgan fingerprint density at radius 1 is 1.28 bits per heavy atom. The number of nitrogens with zero attached hydrogens (tertiary/aromatic N) is 3. The van der Waals surface area contributed by atoms with Gasteiger partial charge >= 0.3 is 0 Å². The van der Waals surface area contributed by atoms with Crippen LogP contribution < -0.4 is 15.0 Å². The molecule has 2 aromatic rings. The molecule has 3 rings (SSSR count). The van der Waals surface area contributed by atoms with Gasteiger partial charge in [-0.2, -0.15) is 0 Å². The van der Waals surface area contributed by atoms with Crippen LogP contribution in [0, 0.1) is 5.92 Å². The van der Waals surface area contributed by atoms with E-state index in [0.717, 1.165) is 37.7 Å². The molecule has 1 aliphatic heterocycles. The van der Waals surface area contributed by atoms with Crippen LogP contribution in [0.1, 0.15) is 19.8 Å². The molecule has 2 heterocycles. The molecular formula is C18H21ClN4O2. The van der Waals surface area contributed by atoms with Crippen LogP contribution in [0.5, 0.6) is 5.75 Å². The molecule has 1 aromatic carbocycles. The van der Waals surface area contributed by atoms with Crippen LogP contribution in [-0.2, 0) is 4.79 Å². The molecule has 25 heavy (non-hydrogen) atoms. The van der Waals surface area contributed by atoms with Crippen molar-refractivity contribution in [3.8, 4) is 5.75 Å². The molecule has 0 bridgehead atoms. The second-order valence-electron chi connectivity index (χ2n) is 6.22. The number of amides is 1. The van der Waals surface area contributed by atoms with Gasteiger partial charge in [-0.05, 0) is 43.0 Å². The van der Waals surface area contributed by atoms with Crippen LogP contribution in [-0.4, -0.2) is 35.6 Å². The molecule has 1 saturated heterocycles. The minimum atomic E-state index is -0.271. The zero-order chi connectivity index (χ0) is 17.6. The molecule has 1 aromatic heterocycles. The molecule has 132 valence electrons. The molecule has 0 spiro atoms. The summed E-state index contributed by atoms with van der Waals surface area (Å²) in [6, 6.07) is 8.66. The summed E-state index contributed by atoms with van der Waals surface area (Å²) in [5, 5.41) is 3.37. The van der Waals surface area contributed by atoms with Crippen molar-refractivity contribution in [1.29, 1.82) is 0 Å². The van der Waals surface area contributed by atoms with Crippen molar-refractivity contribution in [2.24, 2.45) is 5.92 Å². The Labute approximate surface area is 152 Å². The lowest BCUT2D eigenvalue weighted by molar-refractivity contribution is -0.118. The highest BCUT2D eigenvalue weighted by Crippen LogP contribution is 2.22. The summed E-state index contributed by atoms with van der Waals surface area (Å²) in [6.07, 6.45) is 3.78. The Kier molecular flexibility index (Phi) is 5.71. The first-order valence-corrected chi connectivity index (χ1v) is 8.73. The van der Waals surface area contributed by atoms with E-state index < -0.39 is 0 Å². The molecule has 0 saturated carbocycles. The molecule has 0 radical (unpaired) electrons. The Balaban J connectivity index is 1.54. The molecule has 1 aliphatic rings. The minimum Gasteiger partial charge on any atom is -0.484 e. The van der Waals surface area contributed by atoms with Crippen LogP contribution >= 0.6 is 11.6 Å². The summed E-state index contributed by atoms with van der Waals surface area (Å²) in [6.45, 7) is 4.13. The Morgan fingerprint density at radius 3 is 2.72 bits per heavy atom. The van der Waals surface area contributed by atoms with Crippen LogP contribution in [0.25, 0.3) is 0 Å². The quantitative estimate of drug-likeness (QED) is 0.885. The van der Waals surface area contributed by atoms with E-state index in [1.54, 1.807) is 30.3 Å². The Bertz CT molecular complexity index is 715. The predicted octanol–water partition coefficient (Wildman–Crippen LogP) is 3.38. The lowest BCUT2D eigenvalue weighted by Gasteiger charge is -2.31. The molecule has 0 aliphatic carbocycles. The van der Waals surface area contributed by atoms with Gasteiger partial charge in [-0.1, -0.05) is 18.5 Å². The molecule has 0 unspecified atom stereocenters. The van der Waals surface area contributed by atoms with Gasteiger partial charge in [0.25, 0.3) is 5.91 Å². The molecule has 1 amide bonds. The summed E-state index contributed by atoms with van der Waals surface area (Å²) in [7, 11) is 0. The Morgan fingerprint density at radius 2 is 2.00 bits per heavy atom. The number of halogens is 1. The van der Waals surface area contributed by atoms with Crippen molar-refractivity contribution in [1.82, 2.24) is 9.97 Å². The monoisotopic (exact) mass is 360 g/mol. The minimum absolute atomic E-state index is 0.0950. The fourth-order valence-corrected chi connectivity index (χ4v) is 2.81. The van der Waals surface area contributed by atoms with Gasteiger partial charge in [-0.25, -0.2) is 9.97 Å². The molecule has 1 N–H and O–H groups in total. The molecule has 7 heteroatoms. The zero-order valence-electron chi connectivity index (χ0n) is 14.1. The van der Waals surface area contributed by atoms with Gasteiger partial charge in [-0.15, -0.1) is 0 Å². The third kappa shape index (κ3) is 5.06. The van der Waals surface area contributed by atoms with Gasteiger partial charge in [0.15, 0.2) is 6.61 Å². The number of hydrogen-bond acceptors (Lipinski definition) is 5. The molecule has 1 fully saturated rings. The number of carbonyl (C=O) groups is 1. The van der Waals surface area contributed by atoms with Crippen molar-refractivity contribution in [3.05, 3.63) is 41.7 Å². The predicted molar refractivity (Wildman–Crippen MR) is 98.2 cm³/mol. The number of hydrogen-bond donors (Lipinski definition) is 1. The van der Waals surface area contributed by atoms with Crippen molar-refractivity contribution in [2.75, 3.05) is 29.9 Å². The van der Waals surface area contributed by atoms with Crippen LogP contribution in [0.15, 0.2) is 36.7 Å². The standard InChI is InChI=1S/C18H21ClN4O2/c1-13-6-8-23(9-7-13)17-10-16(20-12-21-17)22-18(24)11-25-15-4-2-14(19)3-5-15/h2-5,10,12-13H,6-9,11H2,1H3,(H,20,21,22,24). The number of carbonyl (C=O) groups excluding carboxylic acids is 1. The van der Waals surface area contributed by atoms with Gasteiger partial charge in [0.05, 0.1) is 0 Å². The topological polar surface area (TPSA) is 67.4 Å². The smallest absolute Gasteiger partial charge is 0.263 e. The van der Waals surface area contributed by atoms with Gasteiger partial charge in [0, 0.05) is 24.2 Å². The average molecular weight is 361 g/mol. The first-order valence-electron chi connectivity index (χ1n) is 8.35. The molecular weight excluding hydrogens is 340 g/mol. The van der Waals surface area contributed by atoms with Crippen molar-refractivity contribution < 1.29 is 9.53 Å². The van der Waals surface area contributed by atoms with E-state index >= 15 is 0 Å². The maximum absolute atomic E-state index is 12.0. The molecule has 0 atom stereocenters. The lowest BCUT2D eigenvalue weighted by atomic mass is 9.99. The second kappa shape index (κ2) is 8.16. The number of anilines is 2. The van der Waals surface area contributed by atoms with E-state index in [4.69, 9.17) is 16.3 Å². The van der Waals surface area contributed by atoms with Gasteiger partial charge < -0.3 is 15.0 Å². The van der Waals surface area contributed by atoms with E-state index in [1.165, 1.54) is 6.33 Å². The molecule has 6 nitrogen and oxygen atoms in total. The fourth-order valence-electron chi connectivity index (χ4n) is 2.68. The first-order chi connectivity index (χ1) is 12.1. The van der Waals surface area contributed by atoms with E-state index in [2.05, 4.69) is 27.1 Å². The summed E-state index contributed by atoms with van der Waals surface area (Å²) in [4.78, 5) is 22.7. The van der Waals surface area contributed by atoms with Gasteiger partial charge in [0.2, 0.25) is 0 Å². The van der Waals surface area contributed by atoms with Gasteiger partial charge in [0.1, 0.15) is 23.7 Å². The van der Waals surface area contributed by atoms with E-state index in [-0.39, 0.29) is 12.5 Å². The number of benzene rings is 1. The maximum atomic E-state index is 12.0. The number of aromatic nitrogens is 2. The van der Waals surface area contributed by atoms with Crippen LogP contribution in [0.3, 0.4) is 0 Å². The van der Waals surface area contributed by atoms with Crippen LogP contribution in [0.2, 0.25) is 5.02 Å². The Hall–Kier alpha value is -2.34. The number of rotatable bonds is 5. The zero-order valence-corrected chi connectivity index (χ0v) is 14.9. The van der Waals surface area contributed by atoms with Crippen molar-refractivity contribution in [2.45, 2.75) is 19.8 Å². The second-order valence-corrected chi connectivity index (χ2v) is 6.66. The maximum Gasteiger partial charge on any atom is 0.263 e. The first kappa shape index (κ1) is 17.5. The lowest BCUT2D eigenvalue weighted by Crippen LogP contribution is -2.33. The summed E-state index contributed by atoms with van der Waals surface area (Å²) < 4.78 is 5.43. The fraction of sp³-hybridized carbons (Fsp3) is 0.389. The highest BCUT2D eigenvalue weighted by Gasteiger charge is 2.17. The normalized spacial score (nSPS) is 15.0. The van der Waals surface area contributed by atoms with Crippen LogP contribution in [0.4, 0.5) is 11.6 Å². The van der Waals surface area contributed by atoms with Gasteiger partial charge in [-0.3, -0.25) is 4.79 Å². The highest BCUT2D eigenvalue weighted by atomic mass is 35.5. The highest BCUT2D eigenvalue weighted by molar-refractivity contribution is 6.30. The summed E-state index contributed by atoms with van der Waals surface area (Å²) >= 11 is 5.82.